The topological polar surface area (TPSA) is 45.2 Å². The van der Waals surface area contributed by atoms with Gasteiger partial charge in [0.05, 0.1) is 16.1 Å². The zero-order valence-corrected chi connectivity index (χ0v) is 14.2. The molecule has 2 fully saturated rings. The van der Waals surface area contributed by atoms with Crippen molar-refractivity contribution in [1.82, 2.24) is 10.3 Å². The number of carbonyl (C=O) groups is 1. The van der Waals surface area contributed by atoms with Gasteiger partial charge in [-0.3, -0.25) is 4.79 Å². The second-order valence-corrected chi connectivity index (χ2v) is 7.88. The van der Waals surface area contributed by atoms with Gasteiger partial charge >= 0.3 is 0 Å². The zero-order chi connectivity index (χ0) is 15.1. The fraction of sp³-hybridized carbons (Fsp3) is 0.500. The number of anilines is 1. The van der Waals surface area contributed by atoms with E-state index in [0.29, 0.717) is 6.04 Å². The number of nitrogens with zero attached hydrogens (tertiary/aromatic N) is 2. The van der Waals surface area contributed by atoms with E-state index >= 15 is 0 Å². The van der Waals surface area contributed by atoms with Crippen LogP contribution in [0.25, 0.3) is 10.2 Å². The van der Waals surface area contributed by atoms with E-state index in [9.17, 15) is 4.79 Å². The van der Waals surface area contributed by atoms with Gasteiger partial charge in [0, 0.05) is 24.0 Å². The summed E-state index contributed by atoms with van der Waals surface area (Å²) in [5.74, 6) is 0.351. The van der Waals surface area contributed by atoms with Crippen molar-refractivity contribution in [2.24, 2.45) is 5.92 Å². The third-order valence-electron chi connectivity index (χ3n) is 4.34. The van der Waals surface area contributed by atoms with E-state index in [-0.39, 0.29) is 11.8 Å². The number of nitrogens with one attached hydrogen (secondary N) is 1. The third kappa shape index (κ3) is 2.70. The number of amides is 1. The number of fused-ring (bicyclic) bond motifs is 1. The van der Waals surface area contributed by atoms with E-state index in [1.54, 1.807) is 23.1 Å². The quantitative estimate of drug-likeness (QED) is 0.873. The van der Waals surface area contributed by atoms with Crippen LogP contribution in [0.4, 0.5) is 5.13 Å². The van der Waals surface area contributed by atoms with Crippen LogP contribution in [0.2, 0.25) is 0 Å². The maximum Gasteiger partial charge on any atom is 0.225 e. The highest BCUT2D eigenvalue weighted by Crippen LogP contribution is 2.36. The molecule has 4 nitrogen and oxygen atoms in total. The predicted molar refractivity (Wildman–Crippen MR) is 92.9 cm³/mol. The average Bonchev–Trinajstić information content (AvgIpc) is 3.06. The van der Waals surface area contributed by atoms with Crippen molar-refractivity contribution >= 4 is 44.4 Å². The molecule has 1 aromatic carbocycles. The van der Waals surface area contributed by atoms with Crippen LogP contribution in [0.3, 0.4) is 0 Å². The number of rotatable bonds is 4. The molecule has 1 aromatic heterocycles. The molecule has 6 heteroatoms. The molecule has 2 aliphatic rings. The highest BCUT2D eigenvalue weighted by Gasteiger charge is 2.33. The monoisotopic (exact) mass is 333 g/mol. The van der Waals surface area contributed by atoms with Gasteiger partial charge in [-0.15, -0.1) is 11.8 Å². The zero-order valence-electron chi connectivity index (χ0n) is 12.5. The summed E-state index contributed by atoms with van der Waals surface area (Å²) in [6.45, 7) is 1.73. The summed E-state index contributed by atoms with van der Waals surface area (Å²) in [4.78, 5) is 20.5. The number of carbonyl (C=O) groups excluding carboxylic acids is 1. The lowest BCUT2D eigenvalue weighted by molar-refractivity contribution is -0.124. The van der Waals surface area contributed by atoms with Crippen molar-refractivity contribution < 1.29 is 4.79 Å². The summed E-state index contributed by atoms with van der Waals surface area (Å²) in [6.07, 6.45) is 5.32. The number of aromatic nitrogens is 1. The van der Waals surface area contributed by atoms with Gasteiger partial charge in [0.15, 0.2) is 5.13 Å². The van der Waals surface area contributed by atoms with Crippen LogP contribution in [0.5, 0.6) is 0 Å². The smallest absolute Gasteiger partial charge is 0.225 e. The van der Waals surface area contributed by atoms with Crippen molar-refractivity contribution in [3.63, 3.8) is 0 Å². The van der Waals surface area contributed by atoms with E-state index < -0.39 is 0 Å². The van der Waals surface area contributed by atoms with Crippen LogP contribution in [0, 0.1) is 5.92 Å². The molecule has 1 saturated heterocycles. The van der Waals surface area contributed by atoms with E-state index in [0.717, 1.165) is 43.0 Å². The van der Waals surface area contributed by atoms with Crippen LogP contribution >= 0.6 is 23.1 Å². The van der Waals surface area contributed by atoms with Crippen molar-refractivity contribution in [3.8, 4) is 0 Å². The molecule has 2 heterocycles. The number of para-hydroxylation sites is 1. The normalized spacial score (nSPS) is 21.5. The average molecular weight is 333 g/mol. The maximum atomic E-state index is 12.2. The Bertz CT molecular complexity index is 710. The number of hydrogen-bond acceptors (Lipinski definition) is 5. The number of thiazole rings is 1. The van der Waals surface area contributed by atoms with Gasteiger partial charge in [0.1, 0.15) is 0 Å². The van der Waals surface area contributed by atoms with Crippen LogP contribution in [0.1, 0.15) is 19.3 Å². The summed E-state index contributed by atoms with van der Waals surface area (Å²) in [5.41, 5.74) is 1.10. The first-order valence-corrected chi connectivity index (χ1v) is 9.77. The van der Waals surface area contributed by atoms with E-state index in [1.807, 2.05) is 0 Å². The van der Waals surface area contributed by atoms with Crippen molar-refractivity contribution in [2.75, 3.05) is 24.2 Å². The molecule has 0 bridgehead atoms. The molecule has 1 aliphatic heterocycles. The molecule has 1 atom stereocenters. The van der Waals surface area contributed by atoms with Crippen LogP contribution in [-0.2, 0) is 4.79 Å². The third-order valence-corrected chi connectivity index (χ3v) is 6.19. The first-order valence-electron chi connectivity index (χ1n) is 7.73. The van der Waals surface area contributed by atoms with Gasteiger partial charge in [-0.05, 0) is 37.7 Å². The van der Waals surface area contributed by atoms with Gasteiger partial charge in [0.25, 0.3) is 0 Å². The minimum Gasteiger partial charge on any atom is -0.353 e. The second kappa shape index (κ2) is 5.74. The molecular weight excluding hydrogens is 314 g/mol. The fourth-order valence-electron chi connectivity index (χ4n) is 2.91. The summed E-state index contributed by atoms with van der Waals surface area (Å²) in [6, 6.07) is 6.79. The molecule has 22 heavy (non-hydrogen) atoms. The molecule has 1 amide bonds. The molecular formula is C16H19N3OS2. The lowest BCUT2D eigenvalue weighted by Crippen LogP contribution is -2.34. The highest BCUT2D eigenvalue weighted by molar-refractivity contribution is 7.98. The minimum absolute atomic E-state index is 0.118. The molecule has 116 valence electrons. The Morgan fingerprint density at radius 1 is 1.41 bits per heavy atom. The summed E-state index contributed by atoms with van der Waals surface area (Å²) >= 11 is 3.47. The van der Waals surface area contributed by atoms with Crippen molar-refractivity contribution in [1.29, 1.82) is 0 Å². The van der Waals surface area contributed by atoms with Gasteiger partial charge in [-0.1, -0.05) is 17.4 Å². The standard InChI is InChI=1S/C16H19N3OS2/c1-21-12-3-2-4-13-14(12)18-16(22-13)19-8-7-10(9-19)15(20)17-11-5-6-11/h2-4,10-11H,5-9H2,1H3,(H,17,20). The SMILES string of the molecule is CSc1cccc2sc(N3CCC(C(=O)NC4CC4)C3)nc12. The first kappa shape index (κ1) is 14.3. The summed E-state index contributed by atoms with van der Waals surface area (Å²) < 4.78 is 1.23. The molecule has 1 N–H and O–H groups in total. The minimum atomic E-state index is 0.118. The summed E-state index contributed by atoms with van der Waals surface area (Å²) in [7, 11) is 0. The first-order chi connectivity index (χ1) is 10.7. The van der Waals surface area contributed by atoms with Gasteiger partial charge in [-0.2, -0.15) is 0 Å². The van der Waals surface area contributed by atoms with Gasteiger partial charge in [-0.25, -0.2) is 4.98 Å². The van der Waals surface area contributed by atoms with Gasteiger partial charge < -0.3 is 10.2 Å². The number of thioether (sulfide) groups is 1. The number of benzene rings is 1. The molecule has 0 spiro atoms. The van der Waals surface area contributed by atoms with Crippen LogP contribution < -0.4 is 10.2 Å². The van der Waals surface area contributed by atoms with Crippen LogP contribution in [-0.4, -0.2) is 36.3 Å². The van der Waals surface area contributed by atoms with Crippen molar-refractivity contribution in [2.45, 2.75) is 30.2 Å². The molecule has 1 saturated carbocycles. The van der Waals surface area contributed by atoms with E-state index in [2.05, 4.69) is 34.7 Å². The lowest BCUT2D eigenvalue weighted by atomic mass is 10.1. The Kier molecular flexibility index (Phi) is 3.74. The molecule has 4 rings (SSSR count). The molecule has 1 unspecified atom stereocenters. The molecule has 2 aromatic rings. The van der Waals surface area contributed by atoms with Crippen LogP contribution in [0.15, 0.2) is 23.1 Å². The maximum absolute atomic E-state index is 12.2. The lowest BCUT2D eigenvalue weighted by Gasteiger charge is -2.14. The Hall–Kier alpha value is -1.27. The summed E-state index contributed by atoms with van der Waals surface area (Å²) in [5, 5.41) is 4.18. The second-order valence-electron chi connectivity index (χ2n) is 6.02. The highest BCUT2D eigenvalue weighted by atomic mass is 32.2. The van der Waals surface area contributed by atoms with Gasteiger partial charge in [0.2, 0.25) is 5.91 Å². The predicted octanol–water partition coefficient (Wildman–Crippen LogP) is 3.12. The Morgan fingerprint density at radius 3 is 3.05 bits per heavy atom. The van der Waals surface area contributed by atoms with E-state index in [4.69, 9.17) is 4.98 Å². The fourth-order valence-corrected chi connectivity index (χ4v) is 4.56. The molecule has 0 radical (unpaired) electrons. The van der Waals surface area contributed by atoms with E-state index in [1.165, 1.54) is 9.60 Å². The Balaban J connectivity index is 1.51. The molecule has 1 aliphatic carbocycles. The Labute approximate surface area is 138 Å². The Morgan fingerprint density at radius 2 is 2.27 bits per heavy atom. The van der Waals surface area contributed by atoms with Crippen molar-refractivity contribution in [3.05, 3.63) is 18.2 Å². The number of hydrogen-bond donors (Lipinski definition) is 1. The largest absolute Gasteiger partial charge is 0.353 e.